The number of imidazole rings is 1. The van der Waals surface area contributed by atoms with Crippen molar-refractivity contribution in [2.75, 3.05) is 25.0 Å². The first-order valence-corrected chi connectivity index (χ1v) is 7.60. The summed E-state index contributed by atoms with van der Waals surface area (Å²) in [4.78, 5) is 18.6. The Bertz CT molecular complexity index is 810. The summed E-state index contributed by atoms with van der Waals surface area (Å²) in [6.07, 6.45) is 1.75. The van der Waals surface area contributed by atoms with Gasteiger partial charge in [-0.2, -0.15) is 0 Å². The van der Waals surface area contributed by atoms with Crippen molar-refractivity contribution < 1.29 is 4.79 Å². The van der Waals surface area contributed by atoms with Crippen molar-refractivity contribution in [3.05, 3.63) is 60.4 Å². The summed E-state index contributed by atoms with van der Waals surface area (Å²) < 4.78 is 1.94. The fourth-order valence-electron chi connectivity index (χ4n) is 2.53. The van der Waals surface area contributed by atoms with Crippen LogP contribution in [0.2, 0.25) is 0 Å². The van der Waals surface area contributed by atoms with Crippen LogP contribution in [-0.4, -0.2) is 35.6 Å². The van der Waals surface area contributed by atoms with E-state index < -0.39 is 0 Å². The summed E-state index contributed by atoms with van der Waals surface area (Å²) in [5, 5.41) is 2.96. The molecule has 3 rings (SSSR count). The zero-order valence-electron chi connectivity index (χ0n) is 13.4. The van der Waals surface area contributed by atoms with Gasteiger partial charge in [0.15, 0.2) is 0 Å². The van der Waals surface area contributed by atoms with Gasteiger partial charge in [-0.15, -0.1) is 0 Å². The predicted octanol–water partition coefficient (Wildman–Crippen LogP) is 2.44. The first-order valence-electron chi connectivity index (χ1n) is 7.60. The van der Waals surface area contributed by atoms with Crippen LogP contribution in [0.1, 0.15) is 10.4 Å². The number of aromatic nitrogens is 2. The topological polar surface area (TPSA) is 50.2 Å². The molecule has 1 amide bonds. The van der Waals surface area contributed by atoms with Crippen molar-refractivity contribution in [3.8, 4) is 0 Å². The number of anilines is 1. The lowest BCUT2D eigenvalue weighted by Gasteiger charge is -2.19. The molecule has 0 saturated heterocycles. The summed E-state index contributed by atoms with van der Waals surface area (Å²) in [6, 6.07) is 15.7. The molecule has 0 spiro atoms. The van der Waals surface area contributed by atoms with E-state index in [4.69, 9.17) is 0 Å². The third kappa shape index (κ3) is 3.34. The number of carbonyl (C=O) groups is 1. The molecule has 0 bridgehead atoms. The Morgan fingerprint density at radius 3 is 2.78 bits per heavy atom. The molecule has 0 unspecified atom stereocenters. The van der Waals surface area contributed by atoms with E-state index in [1.807, 2.05) is 55.1 Å². The van der Waals surface area contributed by atoms with Crippen LogP contribution in [-0.2, 0) is 7.05 Å². The fourth-order valence-corrected chi connectivity index (χ4v) is 2.53. The van der Waals surface area contributed by atoms with Gasteiger partial charge in [-0.25, -0.2) is 4.98 Å². The summed E-state index contributed by atoms with van der Waals surface area (Å²) >= 11 is 0. The lowest BCUT2D eigenvalue weighted by Crippen LogP contribution is -2.32. The lowest BCUT2D eigenvalue weighted by atomic mass is 10.2. The molecule has 2 aromatic carbocycles. The van der Waals surface area contributed by atoms with Gasteiger partial charge in [0.1, 0.15) is 0 Å². The largest absolute Gasteiger partial charge is 0.373 e. The van der Waals surface area contributed by atoms with Crippen molar-refractivity contribution in [1.82, 2.24) is 14.9 Å². The van der Waals surface area contributed by atoms with E-state index in [2.05, 4.69) is 27.3 Å². The molecule has 1 aromatic heterocycles. The Morgan fingerprint density at radius 2 is 2.00 bits per heavy atom. The Morgan fingerprint density at radius 1 is 1.22 bits per heavy atom. The first kappa shape index (κ1) is 15.1. The molecule has 1 heterocycles. The maximum Gasteiger partial charge on any atom is 0.251 e. The number of benzene rings is 2. The summed E-state index contributed by atoms with van der Waals surface area (Å²) in [5.41, 5.74) is 3.63. The van der Waals surface area contributed by atoms with Crippen molar-refractivity contribution in [3.63, 3.8) is 0 Å². The highest BCUT2D eigenvalue weighted by atomic mass is 16.1. The summed E-state index contributed by atoms with van der Waals surface area (Å²) in [6.45, 7) is 1.34. The van der Waals surface area contributed by atoms with Crippen molar-refractivity contribution in [2.24, 2.45) is 7.05 Å². The molecule has 23 heavy (non-hydrogen) atoms. The van der Waals surface area contributed by atoms with Crippen LogP contribution < -0.4 is 10.2 Å². The molecule has 1 N–H and O–H groups in total. The molecule has 5 nitrogen and oxygen atoms in total. The van der Waals surface area contributed by atoms with Gasteiger partial charge >= 0.3 is 0 Å². The summed E-state index contributed by atoms with van der Waals surface area (Å²) in [7, 11) is 3.95. The van der Waals surface area contributed by atoms with Crippen LogP contribution in [0, 0.1) is 0 Å². The van der Waals surface area contributed by atoms with E-state index in [-0.39, 0.29) is 5.91 Å². The molecule has 118 valence electrons. The Hall–Kier alpha value is -2.82. The minimum atomic E-state index is -0.0704. The van der Waals surface area contributed by atoms with E-state index >= 15 is 0 Å². The van der Waals surface area contributed by atoms with E-state index in [1.54, 1.807) is 6.33 Å². The molecule has 0 atom stereocenters. The standard InChI is InChI=1S/C18H20N4O/c1-21(15-6-4-3-5-7-15)11-10-19-18(23)14-8-9-17-16(12-14)20-13-22(17)2/h3-9,12-13H,10-11H2,1-2H3,(H,19,23). The van der Waals surface area contributed by atoms with Crippen LogP contribution in [0.3, 0.4) is 0 Å². The van der Waals surface area contributed by atoms with E-state index in [0.29, 0.717) is 12.1 Å². The average Bonchev–Trinajstić information content (AvgIpc) is 2.96. The zero-order chi connectivity index (χ0) is 16.2. The quantitative estimate of drug-likeness (QED) is 0.787. The third-order valence-corrected chi connectivity index (χ3v) is 3.92. The number of likely N-dealkylation sites (N-methyl/N-ethyl adjacent to an activating group) is 1. The number of hydrogen-bond donors (Lipinski definition) is 1. The van der Waals surface area contributed by atoms with Crippen molar-refractivity contribution in [1.29, 1.82) is 0 Å². The average molecular weight is 308 g/mol. The number of hydrogen-bond acceptors (Lipinski definition) is 3. The van der Waals surface area contributed by atoms with Gasteiger partial charge in [-0.1, -0.05) is 18.2 Å². The number of amides is 1. The molecular formula is C18H20N4O. The van der Waals surface area contributed by atoms with Crippen LogP contribution in [0.25, 0.3) is 11.0 Å². The third-order valence-electron chi connectivity index (χ3n) is 3.92. The van der Waals surface area contributed by atoms with Crippen LogP contribution >= 0.6 is 0 Å². The Kier molecular flexibility index (Phi) is 4.28. The number of nitrogens with zero attached hydrogens (tertiary/aromatic N) is 3. The van der Waals surface area contributed by atoms with Gasteiger partial charge in [0.25, 0.3) is 5.91 Å². The van der Waals surface area contributed by atoms with Gasteiger partial charge < -0.3 is 14.8 Å². The second-order valence-corrected chi connectivity index (χ2v) is 5.57. The molecule has 0 radical (unpaired) electrons. The molecule has 3 aromatic rings. The second-order valence-electron chi connectivity index (χ2n) is 5.57. The van der Waals surface area contributed by atoms with E-state index in [1.165, 1.54) is 0 Å². The molecule has 0 aliphatic rings. The maximum atomic E-state index is 12.2. The van der Waals surface area contributed by atoms with Gasteiger partial charge in [0.05, 0.1) is 17.4 Å². The minimum Gasteiger partial charge on any atom is -0.373 e. The Balaban J connectivity index is 1.58. The highest BCUT2D eigenvalue weighted by Crippen LogP contribution is 2.14. The van der Waals surface area contributed by atoms with Gasteiger partial charge in [-0.3, -0.25) is 4.79 Å². The minimum absolute atomic E-state index is 0.0704. The normalized spacial score (nSPS) is 10.7. The van der Waals surface area contributed by atoms with Gasteiger partial charge in [0.2, 0.25) is 0 Å². The maximum absolute atomic E-state index is 12.2. The lowest BCUT2D eigenvalue weighted by molar-refractivity contribution is 0.0955. The van der Waals surface area contributed by atoms with Crippen molar-refractivity contribution in [2.45, 2.75) is 0 Å². The highest BCUT2D eigenvalue weighted by molar-refractivity contribution is 5.97. The molecule has 5 heteroatoms. The number of fused-ring (bicyclic) bond motifs is 1. The van der Waals surface area contributed by atoms with E-state index in [9.17, 15) is 4.79 Å². The van der Waals surface area contributed by atoms with Crippen molar-refractivity contribution >= 4 is 22.6 Å². The van der Waals surface area contributed by atoms with Gasteiger partial charge in [0, 0.05) is 38.4 Å². The number of aryl methyl sites for hydroxylation is 1. The first-order chi connectivity index (χ1) is 11.1. The molecule has 0 fully saturated rings. The molecule has 0 aliphatic carbocycles. The van der Waals surface area contributed by atoms with E-state index in [0.717, 1.165) is 23.3 Å². The van der Waals surface area contributed by atoms with Crippen LogP contribution in [0.15, 0.2) is 54.9 Å². The second kappa shape index (κ2) is 6.52. The summed E-state index contributed by atoms with van der Waals surface area (Å²) in [5.74, 6) is -0.0704. The highest BCUT2D eigenvalue weighted by Gasteiger charge is 2.08. The van der Waals surface area contributed by atoms with Gasteiger partial charge in [-0.05, 0) is 30.3 Å². The SMILES string of the molecule is CN(CCNC(=O)c1ccc2c(c1)ncn2C)c1ccccc1. The van der Waals surface area contributed by atoms with Crippen LogP contribution in [0.4, 0.5) is 5.69 Å². The monoisotopic (exact) mass is 308 g/mol. The zero-order valence-corrected chi connectivity index (χ0v) is 13.4. The number of para-hydroxylation sites is 1. The Labute approximate surface area is 135 Å². The number of nitrogens with one attached hydrogen (secondary N) is 1. The molecule has 0 aliphatic heterocycles. The van der Waals surface area contributed by atoms with Crippen LogP contribution in [0.5, 0.6) is 0 Å². The predicted molar refractivity (Wildman–Crippen MR) is 92.8 cm³/mol. The number of carbonyl (C=O) groups excluding carboxylic acids is 1. The number of rotatable bonds is 5. The molecule has 0 saturated carbocycles. The molecular weight excluding hydrogens is 288 g/mol. The fraction of sp³-hybridized carbons (Fsp3) is 0.222. The smallest absolute Gasteiger partial charge is 0.251 e.